The molecular formula is C25H25N5O2. The molecule has 1 saturated heterocycles. The highest BCUT2D eigenvalue weighted by molar-refractivity contribution is 5.95. The number of rotatable bonds is 2. The topological polar surface area (TPSA) is 76.0 Å². The molecule has 7 nitrogen and oxygen atoms in total. The summed E-state index contributed by atoms with van der Waals surface area (Å²) >= 11 is 0. The van der Waals surface area contributed by atoms with E-state index in [0.717, 1.165) is 53.6 Å². The summed E-state index contributed by atoms with van der Waals surface area (Å²) < 4.78 is 4.93. The third kappa shape index (κ3) is 2.87. The predicted octanol–water partition coefficient (Wildman–Crippen LogP) is 2.98. The maximum absolute atomic E-state index is 12.8. The molecule has 5 rings (SSSR count). The van der Waals surface area contributed by atoms with Crippen LogP contribution in [-0.4, -0.2) is 26.8 Å². The normalized spacial score (nSPS) is 14.9. The average Bonchev–Trinajstić information content (AvgIpc) is 3.05. The zero-order chi connectivity index (χ0) is 22.6. The minimum Gasteiger partial charge on any atom is -0.370 e. The smallest absolute Gasteiger partial charge is 0.328 e. The van der Waals surface area contributed by atoms with Gasteiger partial charge in [-0.2, -0.15) is 5.26 Å². The minimum atomic E-state index is -0.251. The number of nitrogens with zero attached hydrogens (tertiary/aromatic N) is 5. The highest BCUT2D eigenvalue weighted by Gasteiger charge is 2.26. The second-order valence-corrected chi connectivity index (χ2v) is 8.63. The van der Waals surface area contributed by atoms with Crippen molar-refractivity contribution in [2.24, 2.45) is 21.1 Å². The molecular weight excluding hydrogens is 402 g/mol. The maximum atomic E-state index is 12.8. The lowest BCUT2D eigenvalue weighted by molar-refractivity contribution is 0.506. The number of aromatic nitrogens is 3. The molecule has 0 bridgehead atoms. The third-order valence-electron chi connectivity index (χ3n) is 6.97. The Labute approximate surface area is 185 Å². The van der Waals surface area contributed by atoms with Crippen LogP contribution in [0.15, 0.2) is 52.1 Å². The van der Waals surface area contributed by atoms with Crippen molar-refractivity contribution in [3.8, 4) is 6.07 Å². The van der Waals surface area contributed by atoms with Gasteiger partial charge in [0.15, 0.2) is 0 Å². The predicted molar refractivity (Wildman–Crippen MR) is 126 cm³/mol. The molecule has 0 amide bonds. The first-order valence-corrected chi connectivity index (χ1v) is 10.8. The molecule has 162 valence electrons. The number of benzene rings is 2. The zero-order valence-corrected chi connectivity index (χ0v) is 18.5. The number of aryl methyl sites for hydroxylation is 3. The number of imidazole rings is 1. The van der Waals surface area contributed by atoms with Crippen molar-refractivity contribution >= 4 is 27.6 Å². The van der Waals surface area contributed by atoms with Crippen molar-refractivity contribution in [3.05, 3.63) is 74.4 Å². The molecule has 0 unspecified atom stereocenters. The van der Waals surface area contributed by atoms with Crippen molar-refractivity contribution in [3.63, 3.8) is 0 Å². The van der Waals surface area contributed by atoms with Crippen LogP contribution >= 0.6 is 0 Å². The molecule has 0 spiro atoms. The van der Waals surface area contributed by atoms with E-state index in [1.807, 2.05) is 37.4 Å². The zero-order valence-electron chi connectivity index (χ0n) is 18.5. The summed E-state index contributed by atoms with van der Waals surface area (Å²) in [6.07, 6.45) is 1.83. The van der Waals surface area contributed by atoms with Gasteiger partial charge in [-0.15, -0.1) is 0 Å². The molecule has 32 heavy (non-hydrogen) atoms. The first-order chi connectivity index (χ1) is 15.4. The van der Waals surface area contributed by atoms with Gasteiger partial charge < -0.3 is 9.47 Å². The Morgan fingerprint density at radius 2 is 1.56 bits per heavy atom. The first-order valence-electron chi connectivity index (χ1n) is 10.8. The van der Waals surface area contributed by atoms with Gasteiger partial charge in [0.2, 0.25) is 0 Å². The van der Waals surface area contributed by atoms with Crippen LogP contribution in [-0.2, 0) is 21.1 Å². The van der Waals surface area contributed by atoms with Crippen LogP contribution in [0.1, 0.15) is 29.9 Å². The highest BCUT2D eigenvalue weighted by atomic mass is 16.1. The summed E-state index contributed by atoms with van der Waals surface area (Å²) in [7, 11) is 5.32. The number of hydrogen-bond donors (Lipinski definition) is 0. The van der Waals surface area contributed by atoms with Crippen LogP contribution in [0.25, 0.3) is 21.9 Å². The van der Waals surface area contributed by atoms with E-state index in [0.29, 0.717) is 5.92 Å². The summed E-state index contributed by atoms with van der Waals surface area (Å²) in [6, 6.07) is 16.2. The van der Waals surface area contributed by atoms with Crippen molar-refractivity contribution in [1.82, 2.24) is 13.7 Å². The van der Waals surface area contributed by atoms with Crippen LogP contribution in [0.2, 0.25) is 0 Å². The second-order valence-electron chi connectivity index (χ2n) is 8.63. The molecule has 4 aromatic rings. The average molecular weight is 428 g/mol. The lowest BCUT2D eigenvalue weighted by Gasteiger charge is -2.35. The van der Waals surface area contributed by atoms with Gasteiger partial charge >= 0.3 is 5.69 Å². The summed E-state index contributed by atoms with van der Waals surface area (Å²) in [6.45, 7) is 1.53. The number of pyridine rings is 1. The molecule has 1 aliphatic rings. The molecule has 1 fully saturated rings. The number of nitriles is 1. The fraction of sp³-hybridized carbons (Fsp3) is 0.320. The van der Waals surface area contributed by atoms with E-state index in [2.05, 4.69) is 23.1 Å². The van der Waals surface area contributed by atoms with E-state index in [1.165, 1.54) is 5.56 Å². The molecule has 0 aliphatic carbocycles. The van der Waals surface area contributed by atoms with Gasteiger partial charge in [0, 0.05) is 39.6 Å². The van der Waals surface area contributed by atoms with Gasteiger partial charge in [0.25, 0.3) is 5.56 Å². The molecule has 0 atom stereocenters. The van der Waals surface area contributed by atoms with Crippen molar-refractivity contribution in [2.75, 3.05) is 18.0 Å². The fourth-order valence-electron chi connectivity index (χ4n) is 5.12. The first kappa shape index (κ1) is 20.1. The van der Waals surface area contributed by atoms with Crippen LogP contribution in [0.5, 0.6) is 0 Å². The van der Waals surface area contributed by atoms with Gasteiger partial charge in [0.05, 0.1) is 22.2 Å². The largest absolute Gasteiger partial charge is 0.370 e. The Morgan fingerprint density at radius 3 is 2.28 bits per heavy atom. The van der Waals surface area contributed by atoms with E-state index in [1.54, 1.807) is 27.8 Å². The number of hydrogen-bond acceptors (Lipinski definition) is 4. The quantitative estimate of drug-likeness (QED) is 0.493. The lowest BCUT2D eigenvalue weighted by Crippen LogP contribution is -2.35. The second kappa shape index (κ2) is 7.41. The molecule has 0 radical (unpaired) electrons. The number of para-hydroxylation sites is 1. The standard InChI is InChI=1S/C25H25N5O2/c1-27-20-7-5-4-6-18(20)23(19(15-26)24(27)31)30-12-10-16(11-13-30)17-8-9-21-22(14-17)29(3)25(32)28(21)2/h4-9,14,16H,10-13H2,1-3H3. The molecule has 7 heteroatoms. The summed E-state index contributed by atoms with van der Waals surface area (Å²) in [5.41, 5.74) is 4.64. The van der Waals surface area contributed by atoms with E-state index in [4.69, 9.17) is 0 Å². The molecule has 0 saturated carbocycles. The van der Waals surface area contributed by atoms with Crippen molar-refractivity contribution < 1.29 is 0 Å². The lowest BCUT2D eigenvalue weighted by atomic mass is 9.88. The van der Waals surface area contributed by atoms with E-state index >= 15 is 0 Å². The van der Waals surface area contributed by atoms with Crippen molar-refractivity contribution in [1.29, 1.82) is 5.26 Å². The van der Waals surface area contributed by atoms with Gasteiger partial charge in [-0.3, -0.25) is 13.9 Å². The number of fused-ring (bicyclic) bond motifs is 2. The van der Waals surface area contributed by atoms with E-state index in [-0.39, 0.29) is 16.8 Å². The Balaban J connectivity index is 1.49. The van der Waals surface area contributed by atoms with Crippen LogP contribution in [0, 0.1) is 11.3 Å². The molecule has 1 aliphatic heterocycles. The molecule has 2 aromatic heterocycles. The summed E-state index contributed by atoms with van der Waals surface area (Å²) in [5, 5.41) is 10.7. The van der Waals surface area contributed by atoms with Gasteiger partial charge in [-0.05, 0) is 42.5 Å². The minimum absolute atomic E-state index is 0.0199. The van der Waals surface area contributed by atoms with E-state index < -0.39 is 0 Å². The number of anilines is 1. The van der Waals surface area contributed by atoms with Gasteiger partial charge in [0.1, 0.15) is 11.6 Å². The third-order valence-corrected chi connectivity index (χ3v) is 6.97. The Bertz CT molecular complexity index is 1520. The Hall–Kier alpha value is -3.79. The van der Waals surface area contributed by atoms with Crippen LogP contribution in [0.3, 0.4) is 0 Å². The molecule has 3 heterocycles. The Morgan fingerprint density at radius 1 is 0.875 bits per heavy atom. The Kier molecular flexibility index (Phi) is 4.66. The van der Waals surface area contributed by atoms with E-state index in [9.17, 15) is 14.9 Å². The van der Waals surface area contributed by atoms with Gasteiger partial charge in [-0.1, -0.05) is 24.3 Å². The maximum Gasteiger partial charge on any atom is 0.328 e. The van der Waals surface area contributed by atoms with Crippen LogP contribution in [0.4, 0.5) is 5.69 Å². The molecule has 0 N–H and O–H groups in total. The fourth-order valence-corrected chi connectivity index (χ4v) is 5.12. The number of piperidine rings is 1. The van der Waals surface area contributed by atoms with Gasteiger partial charge in [-0.25, -0.2) is 4.79 Å². The highest BCUT2D eigenvalue weighted by Crippen LogP contribution is 2.35. The summed E-state index contributed by atoms with van der Waals surface area (Å²) in [5.74, 6) is 0.370. The van der Waals surface area contributed by atoms with Crippen molar-refractivity contribution in [2.45, 2.75) is 18.8 Å². The molecule has 2 aromatic carbocycles. The monoisotopic (exact) mass is 427 g/mol. The summed E-state index contributed by atoms with van der Waals surface area (Å²) in [4.78, 5) is 27.3. The van der Waals surface area contributed by atoms with Crippen LogP contribution < -0.4 is 16.1 Å². The SMILES string of the molecule is Cn1c(=O)c(C#N)c(N2CCC(c3ccc4c(c3)n(C)c(=O)n4C)CC2)c2ccccc21.